The molecular formula is C31H24F4. The quantitative estimate of drug-likeness (QED) is 0.181. The molecule has 35 heavy (non-hydrogen) atoms. The van der Waals surface area contributed by atoms with Gasteiger partial charge in [-0.3, -0.25) is 0 Å². The summed E-state index contributed by atoms with van der Waals surface area (Å²) in [6, 6.07) is 28.7. The van der Waals surface area contributed by atoms with Crippen LogP contribution in [-0.4, -0.2) is 6.18 Å². The molecular weight excluding hydrogens is 448 g/mol. The zero-order chi connectivity index (χ0) is 25.0. The molecule has 5 rings (SSSR count). The van der Waals surface area contributed by atoms with Crippen molar-refractivity contribution in [1.29, 1.82) is 0 Å². The van der Waals surface area contributed by atoms with Gasteiger partial charge in [-0.2, -0.15) is 13.2 Å². The fourth-order valence-corrected chi connectivity index (χ4v) is 4.71. The zero-order valence-corrected chi connectivity index (χ0v) is 19.7. The van der Waals surface area contributed by atoms with Gasteiger partial charge in [0, 0.05) is 0 Å². The van der Waals surface area contributed by atoms with Crippen LogP contribution in [0.15, 0.2) is 91.0 Å². The fourth-order valence-electron chi connectivity index (χ4n) is 4.71. The van der Waals surface area contributed by atoms with E-state index in [0.717, 1.165) is 32.7 Å². The van der Waals surface area contributed by atoms with E-state index >= 15 is 0 Å². The highest BCUT2D eigenvalue weighted by atomic mass is 19.4. The Hall–Kier alpha value is -3.66. The van der Waals surface area contributed by atoms with Crippen LogP contribution in [0.5, 0.6) is 0 Å². The van der Waals surface area contributed by atoms with Gasteiger partial charge >= 0.3 is 6.18 Å². The lowest BCUT2D eigenvalue weighted by Gasteiger charge is -2.24. The van der Waals surface area contributed by atoms with Crippen molar-refractivity contribution in [3.05, 3.63) is 108 Å². The van der Waals surface area contributed by atoms with Gasteiger partial charge in [0.05, 0.1) is 0 Å². The Morgan fingerprint density at radius 1 is 0.486 bits per heavy atom. The maximum absolute atomic E-state index is 14.3. The van der Waals surface area contributed by atoms with Crippen LogP contribution in [0.3, 0.4) is 0 Å². The maximum Gasteiger partial charge on any atom is 0.426 e. The molecule has 0 saturated heterocycles. The first-order valence-corrected chi connectivity index (χ1v) is 11.4. The van der Waals surface area contributed by atoms with E-state index in [0.29, 0.717) is 6.92 Å². The number of benzene rings is 5. The lowest BCUT2D eigenvalue weighted by Crippen LogP contribution is -2.34. The summed E-state index contributed by atoms with van der Waals surface area (Å²) in [6.07, 6.45) is -4.96. The highest BCUT2D eigenvalue weighted by Crippen LogP contribution is 2.42. The smallest absolute Gasteiger partial charge is 0.229 e. The van der Waals surface area contributed by atoms with Gasteiger partial charge < -0.3 is 0 Å². The third-order valence-corrected chi connectivity index (χ3v) is 6.68. The van der Waals surface area contributed by atoms with Crippen LogP contribution in [0.1, 0.15) is 23.6 Å². The van der Waals surface area contributed by atoms with E-state index in [-0.39, 0.29) is 0 Å². The minimum absolute atomic E-state index is 0.403. The third kappa shape index (κ3) is 4.18. The predicted molar refractivity (Wildman–Crippen MR) is 136 cm³/mol. The molecule has 4 heteroatoms. The first kappa shape index (κ1) is 23.1. The number of fused-ring (bicyclic) bond motifs is 3. The summed E-state index contributed by atoms with van der Waals surface area (Å²) in [6.45, 7) is 4.75. The Labute approximate surface area is 201 Å². The highest BCUT2D eigenvalue weighted by Gasteiger charge is 2.53. The summed E-state index contributed by atoms with van der Waals surface area (Å²) < 4.78 is 53.4. The molecule has 5 aromatic rings. The number of hydrogen-bond donors (Lipinski definition) is 0. The number of halogens is 4. The number of hydrogen-bond acceptors (Lipinski definition) is 0. The summed E-state index contributed by atoms with van der Waals surface area (Å²) in [5.41, 5.74) is 2.63. The van der Waals surface area contributed by atoms with E-state index in [9.17, 15) is 17.6 Å². The molecule has 0 amide bonds. The highest BCUT2D eigenvalue weighted by molar-refractivity contribution is 6.09. The van der Waals surface area contributed by atoms with Crippen molar-refractivity contribution in [3.8, 4) is 22.3 Å². The van der Waals surface area contributed by atoms with Crippen LogP contribution in [-0.2, 0) is 5.67 Å². The van der Waals surface area contributed by atoms with Crippen LogP contribution in [0.2, 0.25) is 0 Å². The van der Waals surface area contributed by atoms with Crippen LogP contribution >= 0.6 is 0 Å². The molecule has 176 valence electrons. The second kappa shape index (κ2) is 8.23. The summed E-state index contributed by atoms with van der Waals surface area (Å²) in [5, 5.41) is 4.41. The van der Waals surface area contributed by atoms with E-state index in [2.05, 4.69) is 62.4 Å². The second-order valence-electron chi connectivity index (χ2n) is 9.39. The molecule has 0 bridgehead atoms. The van der Waals surface area contributed by atoms with Crippen LogP contribution in [0, 0.1) is 13.8 Å². The van der Waals surface area contributed by atoms with Crippen molar-refractivity contribution in [3.63, 3.8) is 0 Å². The molecule has 5 aromatic carbocycles. The molecule has 0 fully saturated rings. The lowest BCUT2D eigenvalue weighted by atomic mass is 9.92. The molecule has 0 N–H and O–H groups in total. The molecule has 0 aliphatic heterocycles. The first-order chi connectivity index (χ1) is 16.5. The molecule has 1 atom stereocenters. The lowest BCUT2D eigenvalue weighted by molar-refractivity contribution is -0.228. The SMILES string of the molecule is Cc1cc(C)cc(-c2ccc3c(ccc4cc(-c5ccc(C(C)(F)C(F)(F)F)cc5)ccc43)c2)c1. The Morgan fingerprint density at radius 2 is 0.943 bits per heavy atom. The summed E-state index contributed by atoms with van der Waals surface area (Å²) in [5.74, 6) is 0. The number of rotatable bonds is 3. The molecule has 0 saturated carbocycles. The standard InChI is InChI=1S/C31H24F4/c1-19-14-20(2)16-26(15-19)23-9-13-29-25(18-23)5-4-24-17-22(8-12-28(24)29)21-6-10-27(11-7-21)30(3,32)31(33,34)35/h4-18H,1-3H3. The summed E-state index contributed by atoms with van der Waals surface area (Å²) in [7, 11) is 0. The van der Waals surface area contributed by atoms with Crippen molar-refractivity contribution >= 4 is 21.5 Å². The fraction of sp³-hybridized carbons (Fsp3) is 0.161. The Balaban J connectivity index is 1.52. The summed E-state index contributed by atoms with van der Waals surface area (Å²) >= 11 is 0. The maximum atomic E-state index is 14.3. The summed E-state index contributed by atoms with van der Waals surface area (Å²) in [4.78, 5) is 0. The average Bonchev–Trinajstić information content (AvgIpc) is 2.82. The normalized spacial score (nSPS) is 13.8. The van der Waals surface area contributed by atoms with Gasteiger partial charge in [0.15, 0.2) is 0 Å². The topological polar surface area (TPSA) is 0 Å². The molecule has 0 aliphatic carbocycles. The van der Waals surface area contributed by atoms with E-state index < -0.39 is 17.4 Å². The average molecular weight is 473 g/mol. The minimum atomic E-state index is -4.96. The predicted octanol–water partition coefficient (Wildman–Crippen LogP) is 9.69. The second-order valence-corrected chi connectivity index (χ2v) is 9.39. The number of alkyl halides is 4. The molecule has 0 spiro atoms. The van der Waals surface area contributed by atoms with Crippen LogP contribution < -0.4 is 0 Å². The third-order valence-electron chi connectivity index (χ3n) is 6.68. The van der Waals surface area contributed by atoms with Crippen LogP contribution in [0.4, 0.5) is 17.6 Å². The minimum Gasteiger partial charge on any atom is -0.229 e. The molecule has 0 aliphatic rings. The van der Waals surface area contributed by atoms with E-state index in [1.165, 1.54) is 46.5 Å². The largest absolute Gasteiger partial charge is 0.426 e. The Kier molecular flexibility index (Phi) is 5.43. The molecule has 0 aromatic heterocycles. The zero-order valence-electron chi connectivity index (χ0n) is 19.7. The molecule has 0 nitrogen and oxygen atoms in total. The van der Waals surface area contributed by atoms with Gasteiger partial charge in [0.1, 0.15) is 0 Å². The monoisotopic (exact) mass is 472 g/mol. The first-order valence-electron chi connectivity index (χ1n) is 11.4. The Bertz CT molecular complexity index is 1540. The van der Waals surface area contributed by atoms with Gasteiger partial charge in [-0.15, -0.1) is 0 Å². The van der Waals surface area contributed by atoms with E-state index in [1.807, 2.05) is 18.2 Å². The number of aryl methyl sites for hydroxylation is 2. The van der Waals surface area contributed by atoms with Crippen molar-refractivity contribution in [2.24, 2.45) is 0 Å². The molecule has 1 unspecified atom stereocenters. The van der Waals surface area contributed by atoms with Crippen molar-refractivity contribution in [2.45, 2.75) is 32.6 Å². The van der Waals surface area contributed by atoms with Crippen molar-refractivity contribution in [2.75, 3.05) is 0 Å². The van der Waals surface area contributed by atoms with Crippen LogP contribution in [0.25, 0.3) is 43.8 Å². The van der Waals surface area contributed by atoms with Gasteiger partial charge in [-0.25, -0.2) is 4.39 Å². The van der Waals surface area contributed by atoms with Gasteiger partial charge in [-0.1, -0.05) is 90.0 Å². The molecule has 0 radical (unpaired) electrons. The molecule has 0 heterocycles. The van der Waals surface area contributed by atoms with E-state index in [1.54, 1.807) is 0 Å². The van der Waals surface area contributed by atoms with Gasteiger partial charge in [0.2, 0.25) is 5.67 Å². The van der Waals surface area contributed by atoms with E-state index in [4.69, 9.17) is 0 Å². The van der Waals surface area contributed by atoms with Gasteiger partial charge in [-0.05, 0) is 82.3 Å². The van der Waals surface area contributed by atoms with Crippen molar-refractivity contribution in [1.82, 2.24) is 0 Å². The van der Waals surface area contributed by atoms with Crippen molar-refractivity contribution < 1.29 is 17.6 Å². The Morgan fingerprint density at radius 3 is 1.43 bits per heavy atom. The van der Waals surface area contributed by atoms with Gasteiger partial charge in [0.25, 0.3) is 0 Å².